The average Bonchev–Trinajstić information content (AvgIpc) is 3.17. The highest BCUT2D eigenvalue weighted by Crippen LogP contribution is 2.31. The van der Waals surface area contributed by atoms with Crippen LogP contribution in [-0.4, -0.2) is 17.4 Å². The van der Waals surface area contributed by atoms with Crippen LogP contribution < -0.4 is 4.74 Å². The second kappa shape index (κ2) is 9.74. The second-order valence-electron chi connectivity index (χ2n) is 8.01. The van der Waals surface area contributed by atoms with Gasteiger partial charge >= 0.3 is 0 Å². The van der Waals surface area contributed by atoms with Crippen molar-refractivity contribution in [1.82, 2.24) is 4.57 Å². The molecule has 0 unspecified atom stereocenters. The Labute approximate surface area is 193 Å². The highest BCUT2D eigenvalue weighted by atomic mass is 19.1. The van der Waals surface area contributed by atoms with Gasteiger partial charge in [0.25, 0.3) is 0 Å². The van der Waals surface area contributed by atoms with Crippen molar-refractivity contribution in [3.63, 3.8) is 0 Å². The van der Waals surface area contributed by atoms with Crippen molar-refractivity contribution in [3.8, 4) is 22.7 Å². The molecule has 33 heavy (non-hydrogen) atoms. The topological polar surface area (TPSA) is 35.8 Å². The lowest BCUT2D eigenvalue weighted by Gasteiger charge is -2.13. The van der Waals surface area contributed by atoms with Crippen LogP contribution >= 0.6 is 0 Å². The highest BCUT2D eigenvalue weighted by Gasteiger charge is 2.17. The van der Waals surface area contributed by atoms with Crippen molar-refractivity contribution in [2.24, 2.45) is 5.16 Å². The Morgan fingerprint density at radius 1 is 0.939 bits per heavy atom. The molecular formula is C28H27FN2O2. The fourth-order valence-corrected chi connectivity index (χ4v) is 3.85. The van der Waals surface area contributed by atoms with E-state index in [1.807, 2.05) is 25.1 Å². The van der Waals surface area contributed by atoms with Crippen molar-refractivity contribution >= 4 is 5.71 Å². The zero-order valence-corrected chi connectivity index (χ0v) is 19.3. The number of rotatable bonds is 7. The molecule has 0 saturated heterocycles. The molecule has 0 atom stereocenters. The molecule has 168 valence electrons. The number of oxime groups is 1. The fraction of sp³-hybridized carbons (Fsp3) is 0.179. The van der Waals surface area contributed by atoms with Gasteiger partial charge in [-0.25, -0.2) is 4.39 Å². The first-order valence-corrected chi connectivity index (χ1v) is 10.8. The molecule has 4 rings (SSSR count). The fourth-order valence-electron chi connectivity index (χ4n) is 3.85. The molecule has 1 heterocycles. The average molecular weight is 443 g/mol. The molecule has 5 heteroatoms. The van der Waals surface area contributed by atoms with Gasteiger partial charge in [0.2, 0.25) is 0 Å². The quantitative estimate of drug-likeness (QED) is 0.232. The normalized spacial score (nSPS) is 11.5. The Morgan fingerprint density at radius 3 is 2.33 bits per heavy atom. The number of hydrogen-bond donors (Lipinski definition) is 0. The van der Waals surface area contributed by atoms with Gasteiger partial charge in [0, 0.05) is 16.9 Å². The maximum absolute atomic E-state index is 13.4. The van der Waals surface area contributed by atoms with E-state index in [1.54, 1.807) is 13.2 Å². The lowest BCUT2D eigenvalue weighted by atomic mass is 10.1. The molecule has 1 aromatic heterocycles. The Balaban J connectivity index is 1.71. The zero-order valence-electron chi connectivity index (χ0n) is 19.3. The van der Waals surface area contributed by atoms with Gasteiger partial charge in [-0.15, -0.1) is 0 Å². The minimum atomic E-state index is -0.285. The molecule has 0 amide bonds. The smallest absolute Gasteiger partial charge is 0.142 e. The first-order chi connectivity index (χ1) is 16.0. The Morgan fingerprint density at radius 2 is 1.67 bits per heavy atom. The summed E-state index contributed by atoms with van der Waals surface area (Å²) in [4.78, 5) is 5.55. The minimum Gasteiger partial charge on any atom is -0.497 e. The van der Waals surface area contributed by atoms with Gasteiger partial charge < -0.3 is 14.1 Å². The van der Waals surface area contributed by atoms with Crippen LogP contribution in [0.5, 0.6) is 5.75 Å². The van der Waals surface area contributed by atoms with Crippen LogP contribution in [0.1, 0.15) is 29.3 Å². The van der Waals surface area contributed by atoms with Crippen molar-refractivity contribution in [3.05, 3.63) is 107 Å². The molecule has 0 saturated carbocycles. The molecule has 0 aliphatic carbocycles. The summed E-state index contributed by atoms with van der Waals surface area (Å²) in [6.07, 6.45) is 0. The van der Waals surface area contributed by atoms with Crippen molar-refractivity contribution < 1.29 is 14.0 Å². The van der Waals surface area contributed by atoms with E-state index in [0.717, 1.165) is 45.2 Å². The SMILES string of the molecule is COc1ccc(-c2cc(/C(C)=N\OCc3cccc(F)c3)c(C)n2-c2ccc(C)cc2)cc1. The van der Waals surface area contributed by atoms with Gasteiger partial charge in [0.1, 0.15) is 18.2 Å². The van der Waals surface area contributed by atoms with Gasteiger partial charge in [0.05, 0.1) is 18.5 Å². The van der Waals surface area contributed by atoms with E-state index in [-0.39, 0.29) is 12.4 Å². The van der Waals surface area contributed by atoms with Crippen LogP contribution in [-0.2, 0) is 11.4 Å². The predicted octanol–water partition coefficient (Wildman–Crippen LogP) is 6.85. The molecule has 3 aromatic carbocycles. The molecule has 0 fully saturated rings. The molecule has 4 nitrogen and oxygen atoms in total. The first-order valence-electron chi connectivity index (χ1n) is 10.8. The van der Waals surface area contributed by atoms with E-state index < -0.39 is 0 Å². The maximum atomic E-state index is 13.4. The number of nitrogens with zero attached hydrogens (tertiary/aromatic N) is 2. The first kappa shape index (κ1) is 22.3. The third-order valence-electron chi connectivity index (χ3n) is 5.64. The number of ether oxygens (including phenoxy) is 1. The van der Waals surface area contributed by atoms with Crippen LogP contribution in [0.15, 0.2) is 84.0 Å². The Hall–Kier alpha value is -3.86. The van der Waals surface area contributed by atoms with Crippen molar-refractivity contribution in [1.29, 1.82) is 0 Å². The van der Waals surface area contributed by atoms with E-state index in [1.165, 1.54) is 17.7 Å². The minimum absolute atomic E-state index is 0.207. The standard InChI is InChI=1S/C28H27FN2O2/c1-19-8-12-25(13-9-19)31-21(3)27(17-28(31)23-10-14-26(32-4)15-11-23)20(2)30-33-18-22-6-5-7-24(29)16-22/h5-17H,18H2,1-4H3/b30-20-. The van der Waals surface area contributed by atoms with Crippen LogP contribution in [0.2, 0.25) is 0 Å². The Kier molecular flexibility index (Phi) is 6.59. The largest absolute Gasteiger partial charge is 0.497 e. The number of halogens is 1. The van der Waals surface area contributed by atoms with Crippen molar-refractivity contribution in [2.75, 3.05) is 7.11 Å². The number of aromatic nitrogens is 1. The lowest BCUT2D eigenvalue weighted by molar-refractivity contribution is 0.130. The molecule has 0 bridgehead atoms. The van der Waals surface area contributed by atoms with Crippen LogP contribution in [0.4, 0.5) is 4.39 Å². The summed E-state index contributed by atoms with van der Waals surface area (Å²) in [6, 6.07) is 24.9. The van der Waals surface area contributed by atoms with E-state index in [4.69, 9.17) is 9.57 Å². The lowest BCUT2D eigenvalue weighted by Crippen LogP contribution is -2.02. The zero-order chi connectivity index (χ0) is 23.4. The number of benzene rings is 3. The summed E-state index contributed by atoms with van der Waals surface area (Å²) in [7, 11) is 1.66. The molecular weight excluding hydrogens is 415 g/mol. The van der Waals surface area contributed by atoms with Crippen LogP contribution in [0.3, 0.4) is 0 Å². The van der Waals surface area contributed by atoms with Gasteiger partial charge in [-0.3, -0.25) is 0 Å². The van der Waals surface area contributed by atoms with Crippen LogP contribution in [0.25, 0.3) is 16.9 Å². The molecule has 4 aromatic rings. The third-order valence-corrected chi connectivity index (χ3v) is 5.64. The van der Waals surface area contributed by atoms with E-state index in [2.05, 4.69) is 66.0 Å². The third kappa shape index (κ3) is 4.98. The summed E-state index contributed by atoms with van der Waals surface area (Å²) < 4.78 is 21.0. The molecule has 0 aliphatic heterocycles. The van der Waals surface area contributed by atoms with Gasteiger partial charge in [-0.2, -0.15) is 0 Å². The number of methoxy groups -OCH3 is 1. The van der Waals surface area contributed by atoms with E-state index >= 15 is 0 Å². The second-order valence-corrected chi connectivity index (χ2v) is 8.01. The van der Waals surface area contributed by atoms with E-state index in [9.17, 15) is 4.39 Å². The summed E-state index contributed by atoms with van der Waals surface area (Å²) in [5, 5.41) is 4.32. The van der Waals surface area contributed by atoms with E-state index in [0.29, 0.717) is 0 Å². The summed E-state index contributed by atoms with van der Waals surface area (Å²) in [5.74, 6) is 0.527. The summed E-state index contributed by atoms with van der Waals surface area (Å²) >= 11 is 0. The van der Waals surface area contributed by atoms with Crippen molar-refractivity contribution in [2.45, 2.75) is 27.4 Å². The van der Waals surface area contributed by atoms with Gasteiger partial charge in [-0.1, -0.05) is 35.0 Å². The molecule has 0 radical (unpaired) electrons. The summed E-state index contributed by atoms with van der Waals surface area (Å²) in [5.41, 5.74) is 7.93. The molecule has 0 aliphatic rings. The monoisotopic (exact) mass is 442 g/mol. The van der Waals surface area contributed by atoms with Crippen LogP contribution in [0, 0.1) is 19.7 Å². The predicted molar refractivity (Wildman–Crippen MR) is 131 cm³/mol. The van der Waals surface area contributed by atoms with Gasteiger partial charge in [-0.05, 0) is 86.5 Å². The number of hydrogen-bond acceptors (Lipinski definition) is 3. The molecule has 0 N–H and O–H groups in total. The molecule has 0 spiro atoms. The number of aryl methyl sites for hydroxylation is 1. The highest BCUT2D eigenvalue weighted by molar-refractivity contribution is 6.01. The maximum Gasteiger partial charge on any atom is 0.142 e. The van der Waals surface area contributed by atoms with Gasteiger partial charge in [0.15, 0.2) is 0 Å². The summed E-state index contributed by atoms with van der Waals surface area (Å²) in [6.45, 7) is 6.28. The Bertz CT molecular complexity index is 1270.